The predicted molar refractivity (Wildman–Crippen MR) is 122 cm³/mol. The number of aromatic nitrogens is 1. The van der Waals surface area contributed by atoms with Gasteiger partial charge in [0.25, 0.3) is 5.91 Å². The molecule has 1 aromatic heterocycles. The average molecular weight is 477 g/mol. The normalized spacial score (nSPS) is 14.6. The molecule has 1 unspecified atom stereocenters. The van der Waals surface area contributed by atoms with Crippen molar-refractivity contribution in [1.29, 1.82) is 5.26 Å². The Bertz CT molecular complexity index is 1090. The summed E-state index contributed by atoms with van der Waals surface area (Å²) < 4.78 is 6.99. The number of hydrogen-bond acceptors (Lipinski definition) is 5. The van der Waals surface area contributed by atoms with Gasteiger partial charge in [0.2, 0.25) is 6.10 Å². The lowest BCUT2D eigenvalue weighted by molar-refractivity contribution is -0.139. The van der Waals surface area contributed by atoms with Crippen LogP contribution < -0.4 is 9.64 Å². The van der Waals surface area contributed by atoms with Crippen LogP contribution in [0.4, 0.5) is 5.82 Å². The van der Waals surface area contributed by atoms with Crippen molar-refractivity contribution in [1.82, 2.24) is 9.88 Å². The number of rotatable bonds is 5. The Hall–Kier alpha value is -3.37. The van der Waals surface area contributed by atoms with Crippen LogP contribution in [0.1, 0.15) is 17.2 Å². The summed E-state index contributed by atoms with van der Waals surface area (Å²) >= 11 is 3.50. The standard InChI is InChI=1S/C24H21BrN4O2/c25-20-10-4-5-11-21(20)31-22(18-7-2-1-3-8-18)24(30)29-15-13-28(14-16-29)23-19(17-26)9-6-12-27-23/h1-12,22H,13-16H2. The first-order chi connectivity index (χ1) is 15.2. The van der Waals surface area contributed by atoms with E-state index in [9.17, 15) is 10.1 Å². The molecule has 0 saturated carbocycles. The van der Waals surface area contributed by atoms with Gasteiger partial charge in [-0.2, -0.15) is 5.26 Å². The maximum absolute atomic E-state index is 13.5. The number of nitrogens with zero attached hydrogens (tertiary/aromatic N) is 4. The number of para-hydroxylation sites is 1. The van der Waals surface area contributed by atoms with Crippen LogP contribution in [0.2, 0.25) is 0 Å². The van der Waals surface area contributed by atoms with Gasteiger partial charge in [-0.05, 0) is 40.2 Å². The predicted octanol–water partition coefficient (Wildman–Crippen LogP) is 4.18. The van der Waals surface area contributed by atoms with E-state index in [1.165, 1.54) is 0 Å². The van der Waals surface area contributed by atoms with Crippen LogP contribution in [0.25, 0.3) is 0 Å². The summed E-state index contributed by atoms with van der Waals surface area (Å²) in [5.41, 5.74) is 1.35. The Balaban J connectivity index is 1.52. The van der Waals surface area contributed by atoms with Crippen LogP contribution in [0.5, 0.6) is 5.75 Å². The first-order valence-corrected chi connectivity index (χ1v) is 10.8. The van der Waals surface area contributed by atoms with Gasteiger partial charge in [0.05, 0.1) is 10.0 Å². The molecule has 1 amide bonds. The lowest BCUT2D eigenvalue weighted by atomic mass is 10.1. The van der Waals surface area contributed by atoms with Gasteiger partial charge in [0, 0.05) is 37.9 Å². The number of nitriles is 1. The molecule has 0 spiro atoms. The van der Waals surface area contributed by atoms with Crippen molar-refractivity contribution in [3.63, 3.8) is 0 Å². The molecule has 1 aliphatic rings. The van der Waals surface area contributed by atoms with Crippen molar-refractivity contribution in [2.45, 2.75) is 6.10 Å². The molecular formula is C24H21BrN4O2. The van der Waals surface area contributed by atoms with Crippen molar-refractivity contribution in [3.8, 4) is 11.8 Å². The summed E-state index contributed by atoms with van der Waals surface area (Å²) in [5.74, 6) is 1.21. The summed E-state index contributed by atoms with van der Waals surface area (Å²) in [7, 11) is 0. The zero-order valence-corrected chi connectivity index (χ0v) is 18.4. The molecule has 6 nitrogen and oxygen atoms in total. The Morgan fingerprint density at radius 3 is 2.42 bits per heavy atom. The van der Waals surface area contributed by atoms with E-state index in [4.69, 9.17) is 4.74 Å². The number of halogens is 1. The van der Waals surface area contributed by atoms with Crippen molar-refractivity contribution >= 4 is 27.7 Å². The summed E-state index contributed by atoms with van der Waals surface area (Å²) in [5, 5.41) is 9.35. The minimum Gasteiger partial charge on any atom is -0.475 e. The molecular weight excluding hydrogens is 456 g/mol. The van der Waals surface area contributed by atoms with Gasteiger partial charge in [0.1, 0.15) is 17.6 Å². The Morgan fingerprint density at radius 2 is 1.71 bits per heavy atom. The van der Waals surface area contributed by atoms with E-state index in [-0.39, 0.29) is 5.91 Å². The highest BCUT2D eigenvalue weighted by atomic mass is 79.9. The van der Waals surface area contributed by atoms with Crippen molar-refractivity contribution < 1.29 is 9.53 Å². The zero-order chi connectivity index (χ0) is 21.6. The van der Waals surface area contributed by atoms with Crippen LogP contribution in [0, 0.1) is 11.3 Å². The van der Waals surface area contributed by atoms with Crippen molar-refractivity contribution in [3.05, 3.63) is 88.5 Å². The third-order valence-corrected chi connectivity index (χ3v) is 5.86. The minimum absolute atomic E-state index is 0.0804. The van der Waals surface area contributed by atoms with Gasteiger partial charge in [-0.3, -0.25) is 4.79 Å². The van der Waals surface area contributed by atoms with E-state index in [1.54, 1.807) is 18.3 Å². The number of pyridine rings is 1. The molecule has 156 valence electrons. The van der Waals surface area contributed by atoms with Crippen LogP contribution >= 0.6 is 15.9 Å². The molecule has 1 aliphatic heterocycles. The van der Waals surface area contributed by atoms with E-state index >= 15 is 0 Å². The lowest BCUT2D eigenvalue weighted by Gasteiger charge is -2.37. The number of carbonyl (C=O) groups excluding carboxylic acids is 1. The maximum atomic E-state index is 13.5. The van der Waals surface area contributed by atoms with Gasteiger partial charge in [-0.15, -0.1) is 0 Å². The molecule has 31 heavy (non-hydrogen) atoms. The molecule has 1 fully saturated rings. The third-order valence-electron chi connectivity index (χ3n) is 5.21. The Labute approximate surface area is 189 Å². The molecule has 4 rings (SSSR count). The fraction of sp³-hybridized carbons (Fsp3) is 0.208. The highest BCUT2D eigenvalue weighted by Gasteiger charge is 2.31. The van der Waals surface area contributed by atoms with E-state index in [1.807, 2.05) is 59.5 Å². The van der Waals surface area contributed by atoms with E-state index in [0.717, 1.165) is 10.0 Å². The number of piperazine rings is 1. The smallest absolute Gasteiger partial charge is 0.268 e. The number of carbonyl (C=O) groups is 1. The topological polar surface area (TPSA) is 69.5 Å². The zero-order valence-electron chi connectivity index (χ0n) is 16.8. The van der Waals surface area contributed by atoms with E-state index in [2.05, 4.69) is 31.9 Å². The van der Waals surface area contributed by atoms with Gasteiger partial charge in [-0.1, -0.05) is 42.5 Å². The van der Waals surface area contributed by atoms with Gasteiger partial charge in [0.15, 0.2) is 0 Å². The highest BCUT2D eigenvalue weighted by molar-refractivity contribution is 9.10. The molecule has 0 radical (unpaired) electrons. The van der Waals surface area contributed by atoms with Crippen LogP contribution in [0.15, 0.2) is 77.4 Å². The number of hydrogen-bond donors (Lipinski definition) is 0. The quantitative estimate of drug-likeness (QED) is 0.552. The Kier molecular flexibility index (Phi) is 6.48. The number of anilines is 1. The number of ether oxygens (including phenoxy) is 1. The fourth-order valence-electron chi connectivity index (χ4n) is 3.60. The molecule has 0 aliphatic carbocycles. The molecule has 0 bridgehead atoms. The highest BCUT2D eigenvalue weighted by Crippen LogP contribution is 2.30. The van der Waals surface area contributed by atoms with Crippen LogP contribution in [0.3, 0.4) is 0 Å². The second-order valence-electron chi connectivity index (χ2n) is 7.14. The fourth-order valence-corrected chi connectivity index (χ4v) is 3.98. The third kappa shape index (κ3) is 4.70. The first-order valence-electron chi connectivity index (χ1n) is 10.0. The summed E-state index contributed by atoms with van der Waals surface area (Å²) in [6.45, 7) is 2.27. The van der Waals surface area contributed by atoms with Gasteiger partial charge in [-0.25, -0.2) is 4.98 Å². The van der Waals surface area contributed by atoms with E-state index < -0.39 is 6.10 Å². The summed E-state index contributed by atoms with van der Waals surface area (Å²) in [4.78, 5) is 21.7. The van der Waals surface area contributed by atoms with Gasteiger partial charge >= 0.3 is 0 Å². The maximum Gasteiger partial charge on any atom is 0.268 e. The Morgan fingerprint density at radius 1 is 1.00 bits per heavy atom. The van der Waals surface area contributed by atoms with Crippen LogP contribution in [-0.2, 0) is 4.79 Å². The first kappa shape index (κ1) is 20.9. The second-order valence-corrected chi connectivity index (χ2v) is 7.99. The summed E-state index contributed by atoms with van der Waals surface area (Å²) in [6.07, 6.45) is 0.945. The SMILES string of the molecule is N#Cc1cccnc1N1CCN(C(=O)C(Oc2ccccc2Br)c2ccccc2)CC1. The molecule has 2 heterocycles. The van der Waals surface area contributed by atoms with E-state index in [0.29, 0.717) is 43.3 Å². The van der Waals surface area contributed by atoms with Crippen molar-refractivity contribution in [2.75, 3.05) is 31.1 Å². The molecule has 2 aromatic carbocycles. The second kappa shape index (κ2) is 9.63. The monoisotopic (exact) mass is 476 g/mol. The largest absolute Gasteiger partial charge is 0.475 e. The number of amides is 1. The number of benzene rings is 2. The molecule has 1 saturated heterocycles. The summed E-state index contributed by atoms with van der Waals surface area (Å²) in [6, 6.07) is 22.8. The molecule has 3 aromatic rings. The minimum atomic E-state index is -0.740. The van der Waals surface area contributed by atoms with Crippen LogP contribution in [-0.4, -0.2) is 42.0 Å². The lowest BCUT2D eigenvalue weighted by Crippen LogP contribution is -2.51. The molecule has 0 N–H and O–H groups in total. The molecule has 1 atom stereocenters. The molecule has 7 heteroatoms. The average Bonchev–Trinajstić information content (AvgIpc) is 2.84. The van der Waals surface area contributed by atoms with Gasteiger partial charge < -0.3 is 14.5 Å². The van der Waals surface area contributed by atoms with Crippen molar-refractivity contribution in [2.24, 2.45) is 0 Å².